The van der Waals surface area contributed by atoms with Crippen LogP contribution in [0.25, 0.3) is 5.65 Å². The van der Waals surface area contributed by atoms with E-state index >= 15 is 0 Å². The summed E-state index contributed by atoms with van der Waals surface area (Å²) in [4.78, 5) is 16.8. The van der Waals surface area contributed by atoms with Gasteiger partial charge < -0.3 is 15.0 Å². The first-order chi connectivity index (χ1) is 12.6. The number of carbonyl (C=O) groups excluding carboxylic acids is 1. The number of hydrogen-bond donors (Lipinski definition) is 2. The molecule has 4 saturated carbocycles. The van der Waals surface area contributed by atoms with Crippen molar-refractivity contribution in [2.45, 2.75) is 45.1 Å². The summed E-state index contributed by atoms with van der Waals surface area (Å²) in [6.07, 6.45) is 12.0. The Balaban J connectivity index is 1.16. The predicted octanol–water partition coefficient (Wildman–Crippen LogP) is 4.00. The lowest BCUT2D eigenvalue weighted by Gasteiger charge is -2.56. The Labute approximate surface area is 158 Å². The number of hydrogen-bond acceptors (Lipinski definition) is 2. The molecule has 2 heterocycles. The van der Waals surface area contributed by atoms with Gasteiger partial charge in [0.15, 0.2) is 0 Å². The van der Waals surface area contributed by atoms with Gasteiger partial charge in [0.05, 0.1) is 17.3 Å². The van der Waals surface area contributed by atoms with Crippen molar-refractivity contribution in [1.82, 2.24) is 20.0 Å². The summed E-state index contributed by atoms with van der Waals surface area (Å²) in [5.74, 6) is 2.74. The van der Waals surface area contributed by atoms with Crippen LogP contribution in [0.3, 0.4) is 0 Å². The normalized spacial score (nSPS) is 32.1. The summed E-state index contributed by atoms with van der Waals surface area (Å²) in [6.45, 7) is 1.25. The van der Waals surface area contributed by atoms with E-state index in [1.165, 1.54) is 38.5 Å². The van der Waals surface area contributed by atoms with E-state index in [0.717, 1.165) is 35.6 Å². The van der Waals surface area contributed by atoms with Gasteiger partial charge in [-0.15, -0.1) is 0 Å². The maximum atomic E-state index is 12.3. The third kappa shape index (κ3) is 3.07. The zero-order valence-electron chi connectivity index (χ0n) is 14.9. The lowest BCUT2D eigenvalue weighted by Crippen LogP contribution is -2.52. The molecule has 5 nitrogen and oxygen atoms in total. The van der Waals surface area contributed by atoms with Gasteiger partial charge >= 0.3 is 6.03 Å². The summed E-state index contributed by atoms with van der Waals surface area (Å²) >= 11 is 6.00. The Morgan fingerprint density at radius 2 is 1.81 bits per heavy atom. The fourth-order valence-electron chi connectivity index (χ4n) is 6.11. The number of aromatic nitrogens is 2. The highest BCUT2D eigenvalue weighted by Crippen LogP contribution is 2.59. The summed E-state index contributed by atoms with van der Waals surface area (Å²) < 4.78 is 1.88. The van der Waals surface area contributed by atoms with Crippen LogP contribution in [-0.4, -0.2) is 22.0 Å². The zero-order chi connectivity index (χ0) is 17.7. The second-order valence-corrected chi connectivity index (χ2v) is 9.24. The van der Waals surface area contributed by atoms with Gasteiger partial charge in [0.25, 0.3) is 0 Å². The monoisotopic (exact) mass is 372 g/mol. The van der Waals surface area contributed by atoms with Gasteiger partial charge in [-0.05, 0) is 73.8 Å². The molecule has 0 spiro atoms. The standard InChI is InChI=1S/C20H25ClN4O/c21-16-1-2-18-24-17(11-25(18)10-16)9-22-19(26)23-12-20-6-13-3-14(7-20)5-15(4-13)8-20/h1-2,10-11,13-15H,3-9,12H2,(H2,22,23,26). The van der Waals surface area contributed by atoms with Crippen LogP contribution in [-0.2, 0) is 6.54 Å². The molecule has 4 aliphatic carbocycles. The molecule has 26 heavy (non-hydrogen) atoms. The van der Waals surface area contributed by atoms with Crippen LogP contribution >= 0.6 is 11.6 Å². The van der Waals surface area contributed by atoms with Crippen molar-refractivity contribution in [1.29, 1.82) is 0 Å². The predicted molar refractivity (Wildman–Crippen MR) is 101 cm³/mol. The minimum absolute atomic E-state index is 0.0872. The van der Waals surface area contributed by atoms with Gasteiger partial charge in [-0.1, -0.05) is 11.6 Å². The number of pyridine rings is 1. The van der Waals surface area contributed by atoms with Crippen LogP contribution < -0.4 is 10.6 Å². The number of halogens is 1. The Kier molecular flexibility index (Phi) is 3.89. The molecule has 2 N–H and O–H groups in total. The first kappa shape index (κ1) is 16.4. The van der Waals surface area contributed by atoms with Crippen molar-refractivity contribution in [3.63, 3.8) is 0 Å². The average molecular weight is 373 g/mol. The molecule has 0 aromatic carbocycles. The van der Waals surface area contributed by atoms with Crippen molar-refractivity contribution in [3.05, 3.63) is 35.2 Å². The molecule has 0 radical (unpaired) electrons. The SMILES string of the molecule is O=C(NCc1cn2cc(Cl)ccc2n1)NCC12CC3CC(CC(C3)C1)C2. The fourth-order valence-corrected chi connectivity index (χ4v) is 6.28. The highest BCUT2D eigenvalue weighted by atomic mass is 35.5. The minimum atomic E-state index is -0.0872. The average Bonchev–Trinajstić information content (AvgIpc) is 2.99. The first-order valence-electron chi connectivity index (χ1n) is 9.72. The number of nitrogens with zero attached hydrogens (tertiary/aromatic N) is 2. The summed E-state index contributed by atoms with van der Waals surface area (Å²) in [5.41, 5.74) is 2.03. The van der Waals surface area contributed by atoms with Crippen molar-refractivity contribution in [2.75, 3.05) is 6.54 Å². The number of amides is 2. The van der Waals surface area contributed by atoms with Crippen LogP contribution in [0, 0.1) is 23.2 Å². The van der Waals surface area contributed by atoms with E-state index in [1.54, 1.807) is 0 Å². The molecule has 6 heteroatoms. The van der Waals surface area contributed by atoms with E-state index in [4.69, 9.17) is 11.6 Å². The smallest absolute Gasteiger partial charge is 0.315 e. The number of fused-ring (bicyclic) bond motifs is 1. The van der Waals surface area contributed by atoms with Gasteiger partial charge in [-0.25, -0.2) is 9.78 Å². The molecule has 2 amide bonds. The highest BCUT2D eigenvalue weighted by molar-refractivity contribution is 6.30. The van der Waals surface area contributed by atoms with Crippen LogP contribution in [0.15, 0.2) is 24.5 Å². The van der Waals surface area contributed by atoms with E-state index in [1.807, 2.05) is 28.9 Å². The summed E-state index contributed by atoms with van der Waals surface area (Å²) in [6, 6.07) is 3.61. The van der Waals surface area contributed by atoms with Crippen molar-refractivity contribution < 1.29 is 4.79 Å². The summed E-state index contributed by atoms with van der Waals surface area (Å²) in [5, 5.41) is 6.76. The van der Waals surface area contributed by atoms with E-state index in [9.17, 15) is 4.79 Å². The molecule has 0 unspecified atom stereocenters. The Hall–Kier alpha value is -1.75. The van der Waals surface area contributed by atoms with E-state index in [-0.39, 0.29) is 6.03 Å². The number of carbonyl (C=O) groups is 1. The molecular weight excluding hydrogens is 348 g/mol. The molecule has 4 bridgehead atoms. The van der Waals surface area contributed by atoms with E-state index in [2.05, 4.69) is 15.6 Å². The highest BCUT2D eigenvalue weighted by Gasteiger charge is 2.50. The maximum absolute atomic E-state index is 12.3. The van der Waals surface area contributed by atoms with Crippen LogP contribution in [0.1, 0.15) is 44.2 Å². The zero-order valence-corrected chi connectivity index (χ0v) is 15.6. The molecule has 4 fully saturated rings. The Morgan fingerprint density at radius 1 is 1.12 bits per heavy atom. The molecule has 0 aliphatic heterocycles. The molecule has 4 aliphatic rings. The number of nitrogens with one attached hydrogen (secondary N) is 2. The largest absolute Gasteiger partial charge is 0.338 e. The van der Waals surface area contributed by atoms with Gasteiger partial charge in [0, 0.05) is 18.9 Å². The molecule has 0 atom stereocenters. The van der Waals surface area contributed by atoms with Gasteiger partial charge in [0.2, 0.25) is 0 Å². The quantitative estimate of drug-likeness (QED) is 0.852. The Bertz CT molecular complexity index is 810. The van der Waals surface area contributed by atoms with E-state index < -0.39 is 0 Å². The van der Waals surface area contributed by atoms with Crippen molar-refractivity contribution in [2.24, 2.45) is 23.2 Å². The molecule has 6 rings (SSSR count). The topological polar surface area (TPSA) is 58.4 Å². The van der Waals surface area contributed by atoms with Gasteiger partial charge in [-0.3, -0.25) is 0 Å². The minimum Gasteiger partial charge on any atom is -0.338 e. The molecular formula is C20H25ClN4O. The third-order valence-electron chi connectivity index (χ3n) is 6.68. The van der Waals surface area contributed by atoms with Gasteiger partial charge in [-0.2, -0.15) is 0 Å². The van der Waals surface area contributed by atoms with Gasteiger partial charge in [0.1, 0.15) is 5.65 Å². The van der Waals surface area contributed by atoms with Crippen molar-refractivity contribution >= 4 is 23.3 Å². The number of rotatable bonds is 4. The molecule has 2 aromatic rings. The number of urea groups is 1. The second kappa shape index (κ2) is 6.15. The number of imidazole rings is 1. The molecule has 138 valence electrons. The van der Waals surface area contributed by atoms with Crippen LogP contribution in [0.5, 0.6) is 0 Å². The lowest BCUT2D eigenvalue weighted by atomic mass is 9.49. The molecule has 2 aromatic heterocycles. The van der Waals surface area contributed by atoms with Crippen LogP contribution in [0.2, 0.25) is 5.02 Å². The van der Waals surface area contributed by atoms with Crippen molar-refractivity contribution in [3.8, 4) is 0 Å². The molecule has 0 saturated heterocycles. The lowest BCUT2D eigenvalue weighted by molar-refractivity contribution is -0.0498. The van der Waals surface area contributed by atoms with Crippen LogP contribution in [0.4, 0.5) is 4.79 Å². The van der Waals surface area contributed by atoms with E-state index in [0.29, 0.717) is 17.0 Å². The maximum Gasteiger partial charge on any atom is 0.315 e. The summed E-state index contributed by atoms with van der Waals surface area (Å²) in [7, 11) is 0. The third-order valence-corrected chi connectivity index (χ3v) is 6.91. The first-order valence-corrected chi connectivity index (χ1v) is 10.1. The fraction of sp³-hybridized carbons (Fsp3) is 0.600. The second-order valence-electron chi connectivity index (χ2n) is 8.80. The Morgan fingerprint density at radius 3 is 2.50 bits per heavy atom.